The van der Waals surface area contributed by atoms with Crippen LogP contribution in [0, 0.1) is 0 Å². The van der Waals surface area contributed by atoms with Crippen LogP contribution in [0.3, 0.4) is 0 Å². The van der Waals surface area contributed by atoms with Crippen LogP contribution in [-0.2, 0) is 13.0 Å². The van der Waals surface area contributed by atoms with Crippen LogP contribution in [0.2, 0.25) is 0 Å². The van der Waals surface area contributed by atoms with Crippen molar-refractivity contribution in [3.8, 4) is 5.75 Å². The molecule has 1 heterocycles. The molecule has 0 fully saturated rings. The molecule has 2 nitrogen and oxygen atoms in total. The molecule has 1 unspecified atom stereocenters. The van der Waals surface area contributed by atoms with Gasteiger partial charge in [0.05, 0.1) is 0 Å². The number of rotatable bonds is 3. The molecule has 0 amide bonds. The second kappa shape index (κ2) is 4.73. The van der Waals surface area contributed by atoms with E-state index in [0.717, 1.165) is 12.2 Å². The van der Waals surface area contributed by atoms with Crippen molar-refractivity contribution in [2.75, 3.05) is 5.32 Å². The van der Waals surface area contributed by atoms with Gasteiger partial charge in [-0.25, -0.2) is 0 Å². The highest BCUT2D eigenvalue weighted by Gasteiger charge is 2.16. The van der Waals surface area contributed by atoms with Crippen LogP contribution in [0.25, 0.3) is 0 Å². The molecule has 2 aromatic rings. The fourth-order valence-electron chi connectivity index (χ4n) is 2.36. The van der Waals surface area contributed by atoms with Crippen LogP contribution >= 0.6 is 0 Å². The number of ether oxygens (including phenoxy) is 1. The van der Waals surface area contributed by atoms with Gasteiger partial charge in [-0.05, 0) is 42.7 Å². The van der Waals surface area contributed by atoms with Gasteiger partial charge < -0.3 is 10.1 Å². The normalized spacial score (nSPS) is 17.1. The quantitative estimate of drug-likeness (QED) is 0.883. The van der Waals surface area contributed by atoms with E-state index in [1.165, 1.54) is 16.8 Å². The van der Waals surface area contributed by atoms with E-state index in [0.29, 0.717) is 12.6 Å². The standard InChI is InChI=1S/C16H17NO/c1-12-9-14-10-15(7-8-16(14)17-12)18-11-13-5-3-2-4-6-13/h2-8,10,12,17H,9,11H2,1H3. The molecule has 0 saturated heterocycles. The van der Waals surface area contributed by atoms with Crippen molar-refractivity contribution in [2.45, 2.75) is 26.0 Å². The smallest absolute Gasteiger partial charge is 0.120 e. The first kappa shape index (κ1) is 11.1. The van der Waals surface area contributed by atoms with Gasteiger partial charge in [-0.2, -0.15) is 0 Å². The Hall–Kier alpha value is -1.96. The van der Waals surface area contributed by atoms with E-state index in [1.54, 1.807) is 0 Å². The molecule has 2 aromatic carbocycles. The summed E-state index contributed by atoms with van der Waals surface area (Å²) < 4.78 is 5.82. The number of hydrogen-bond donors (Lipinski definition) is 1. The molecule has 0 bridgehead atoms. The molecule has 1 aliphatic heterocycles. The highest BCUT2D eigenvalue weighted by atomic mass is 16.5. The first-order chi connectivity index (χ1) is 8.81. The highest BCUT2D eigenvalue weighted by Crippen LogP contribution is 2.29. The SMILES string of the molecule is CC1Cc2cc(OCc3ccccc3)ccc2N1. The fourth-order valence-corrected chi connectivity index (χ4v) is 2.36. The zero-order valence-electron chi connectivity index (χ0n) is 10.5. The minimum atomic E-state index is 0.532. The average molecular weight is 239 g/mol. The lowest BCUT2D eigenvalue weighted by Crippen LogP contribution is -2.08. The molecule has 1 aliphatic rings. The molecule has 0 radical (unpaired) electrons. The van der Waals surface area contributed by atoms with Crippen LogP contribution in [0.1, 0.15) is 18.1 Å². The number of benzene rings is 2. The van der Waals surface area contributed by atoms with E-state index in [-0.39, 0.29) is 0 Å². The van der Waals surface area contributed by atoms with Crippen molar-refractivity contribution in [3.63, 3.8) is 0 Å². The molecule has 92 valence electrons. The third-order valence-electron chi connectivity index (χ3n) is 3.25. The third-order valence-corrected chi connectivity index (χ3v) is 3.25. The summed E-state index contributed by atoms with van der Waals surface area (Å²) in [6.07, 6.45) is 1.08. The van der Waals surface area contributed by atoms with E-state index in [9.17, 15) is 0 Å². The van der Waals surface area contributed by atoms with Gasteiger partial charge in [0.1, 0.15) is 12.4 Å². The summed E-state index contributed by atoms with van der Waals surface area (Å²) in [5.74, 6) is 0.952. The summed E-state index contributed by atoms with van der Waals surface area (Å²) >= 11 is 0. The van der Waals surface area contributed by atoms with Gasteiger partial charge in [0.2, 0.25) is 0 Å². The average Bonchev–Trinajstić information content (AvgIpc) is 2.77. The number of hydrogen-bond acceptors (Lipinski definition) is 2. The summed E-state index contributed by atoms with van der Waals surface area (Å²) in [4.78, 5) is 0. The molecule has 0 spiro atoms. The zero-order valence-corrected chi connectivity index (χ0v) is 10.5. The summed E-state index contributed by atoms with van der Waals surface area (Å²) in [6.45, 7) is 2.83. The molecule has 1 N–H and O–H groups in total. The van der Waals surface area contributed by atoms with Crippen molar-refractivity contribution in [3.05, 3.63) is 59.7 Å². The topological polar surface area (TPSA) is 21.3 Å². The lowest BCUT2D eigenvalue weighted by molar-refractivity contribution is 0.306. The number of fused-ring (bicyclic) bond motifs is 1. The van der Waals surface area contributed by atoms with Crippen molar-refractivity contribution in [2.24, 2.45) is 0 Å². The van der Waals surface area contributed by atoms with E-state index < -0.39 is 0 Å². The van der Waals surface area contributed by atoms with Crippen molar-refractivity contribution < 1.29 is 4.74 Å². The Bertz CT molecular complexity index is 536. The van der Waals surface area contributed by atoms with Gasteiger partial charge in [0.25, 0.3) is 0 Å². The first-order valence-corrected chi connectivity index (χ1v) is 6.37. The molecule has 0 aromatic heterocycles. The van der Waals surface area contributed by atoms with Gasteiger partial charge in [-0.3, -0.25) is 0 Å². The van der Waals surface area contributed by atoms with E-state index >= 15 is 0 Å². The number of nitrogens with one attached hydrogen (secondary N) is 1. The van der Waals surface area contributed by atoms with Gasteiger partial charge in [0.15, 0.2) is 0 Å². The lowest BCUT2D eigenvalue weighted by atomic mass is 10.1. The molecule has 2 heteroatoms. The van der Waals surface area contributed by atoms with Gasteiger partial charge >= 0.3 is 0 Å². The Morgan fingerprint density at radius 2 is 2.00 bits per heavy atom. The predicted octanol–water partition coefficient (Wildman–Crippen LogP) is 3.62. The van der Waals surface area contributed by atoms with Gasteiger partial charge in [0, 0.05) is 11.7 Å². The first-order valence-electron chi connectivity index (χ1n) is 6.37. The molecule has 0 aliphatic carbocycles. The van der Waals surface area contributed by atoms with Crippen LogP contribution in [0.15, 0.2) is 48.5 Å². The van der Waals surface area contributed by atoms with E-state index in [2.05, 4.69) is 36.5 Å². The van der Waals surface area contributed by atoms with Crippen LogP contribution in [-0.4, -0.2) is 6.04 Å². The molecular formula is C16H17NO. The van der Waals surface area contributed by atoms with Crippen molar-refractivity contribution in [1.29, 1.82) is 0 Å². The Morgan fingerprint density at radius 3 is 2.83 bits per heavy atom. The summed E-state index contributed by atoms with van der Waals surface area (Å²) in [5, 5.41) is 3.44. The maximum Gasteiger partial charge on any atom is 0.120 e. The number of anilines is 1. The largest absolute Gasteiger partial charge is 0.489 e. The molecule has 0 saturated carbocycles. The summed E-state index contributed by atoms with van der Waals surface area (Å²) in [7, 11) is 0. The second-order valence-corrected chi connectivity index (χ2v) is 4.84. The molecular weight excluding hydrogens is 222 g/mol. The monoisotopic (exact) mass is 239 g/mol. The second-order valence-electron chi connectivity index (χ2n) is 4.84. The van der Waals surface area contributed by atoms with Crippen LogP contribution < -0.4 is 10.1 Å². The van der Waals surface area contributed by atoms with E-state index in [1.807, 2.05) is 24.3 Å². The Kier molecular flexibility index (Phi) is 2.93. The van der Waals surface area contributed by atoms with Crippen molar-refractivity contribution in [1.82, 2.24) is 0 Å². The predicted molar refractivity (Wildman–Crippen MR) is 74.0 cm³/mol. The Morgan fingerprint density at radius 1 is 1.17 bits per heavy atom. The van der Waals surface area contributed by atoms with Gasteiger partial charge in [-0.15, -0.1) is 0 Å². The van der Waals surface area contributed by atoms with Gasteiger partial charge in [-0.1, -0.05) is 30.3 Å². The minimum absolute atomic E-state index is 0.532. The summed E-state index contributed by atoms with van der Waals surface area (Å²) in [5.41, 5.74) is 3.80. The Balaban J connectivity index is 1.69. The van der Waals surface area contributed by atoms with Crippen molar-refractivity contribution >= 4 is 5.69 Å². The maximum absolute atomic E-state index is 5.82. The molecule has 1 atom stereocenters. The summed E-state index contributed by atoms with van der Waals surface area (Å²) in [6, 6.07) is 17.1. The van der Waals surface area contributed by atoms with E-state index in [4.69, 9.17) is 4.74 Å². The molecule has 3 rings (SSSR count). The lowest BCUT2D eigenvalue weighted by Gasteiger charge is -2.08. The highest BCUT2D eigenvalue weighted by molar-refractivity contribution is 5.58. The Labute approximate surface area is 108 Å². The fraction of sp³-hybridized carbons (Fsp3) is 0.250. The third kappa shape index (κ3) is 2.33. The van der Waals surface area contributed by atoms with Crippen LogP contribution in [0.4, 0.5) is 5.69 Å². The van der Waals surface area contributed by atoms with Crippen LogP contribution in [0.5, 0.6) is 5.75 Å². The zero-order chi connectivity index (χ0) is 12.4. The molecule has 18 heavy (non-hydrogen) atoms. The maximum atomic E-state index is 5.82. The minimum Gasteiger partial charge on any atom is -0.489 e.